The monoisotopic (exact) mass is 498 g/mol. The van der Waals surface area contributed by atoms with Gasteiger partial charge in [0.2, 0.25) is 0 Å². The van der Waals surface area contributed by atoms with Gasteiger partial charge in [-0.3, -0.25) is 9.36 Å². The van der Waals surface area contributed by atoms with Crippen LogP contribution in [0.3, 0.4) is 0 Å². The molecule has 2 aromatic carbocycles. The van der Waals surface area contributed by atoms with E-state index in [1.807, 2.05) is 25.1 Å². The number of anilines is 2. The Hall–Kier alpha value is -4.67. The van der Waals surface area contributed by atoms with Gasteiger partial charge >= 0.3 is 0 Å². The van der Waals surface area contributed by atoms with E-state index in [9.17, 15) is 9.18 Å². The van der Waals surface area contributed by atoms with Crippen LogP contribution in [0.5, 0.6) is 0 Å². The van der Waals surface area contributed by atoms with Crippen molar-refractivity contribution < 1.29 is 8.91 Å². The maximum Gasteiger partial charge on any atom is 0.269 e. The molecule has 186 valence electrons. The molecule has 5 aromatic rings. The molecule has 10 nitrogen and oxygen atoms in total. The fraction of sp³-hybridized carbons (Fsp3) is 0.231. The molecule has 1 aliphatic rings. The predicted molar refractivity (Wildman–Crippen MR) is 136 cm³/mol. The lowest BCUT2D eigenvalue weighted by molar-refractivity contribution is 0.422. The van der Waals surface area contributed by atoms with E-state index in [4.69, 9.17) is 15.2 Å². The van der Waals surface area contributed by atoms with Gasteiger partial charge in [0, 0.05) is 5.92 Å². The smallest absolute Gasteiger partial charge is 0.269 e. The highest BCUT2D eigenvalue weighted by Crippen LogP contribution is 2.40. The van der Waals surface area contributed by atoms with Gasteiger partial charge in [0.25, 0.3) is 11.4 Å². The number of aromatic nitrogens is 6. The van der Waals surface area contributed by atoms with E-state index in [-0.39, 0.29) is 22.6 Å². The van der Waals surface area contributed by atoms with Gasteiger partial charge in [0.15, 0.2) is 5.82 Å². The zero-order chi connectivity index (χ0) is 25.5. The zero-order valence-corrected chi connectivity index (χ0v) is 19.9. The van der Waals surface area contributed by atoms with Crippen LogP contribution in [0.4, 0.5) is 16.0 Å². The maximum absolute atomic E-state index is 14.7. The molecule has 1 aliphatic carbocycles. The topological polar surface area (TPSA) is 138 Å². The lowest BCUT2D eigenvalue weighted by Gasteiger charge is -2.23. The average Bonchev–Trinajstić information content (AvgIpc) is 3.65. The SMILES string of the molecule is CC[C@H](Nc1ncnc(N)c1-c1nc(C2CC2)no1)c1nc2cccc(F)c2c(=O)n1-c1ccccc1. The van der Waals surface area contributed by atoms with Crippen LogP contribution >= 0.6 is 0 Å². The fourth-order valence-electron chi connectivity index (χ4n) is 4.34. The van der Waals surface area contributed by atoms with Crippen LogP contribution in [-0.4, -0.2) is 29.7 Å². The second kappa shape index (κ2) is 9.08. The molecule has 0 bridgehead atoms. The second-order valence-corrected chi connectivity index (χ2v) is 8.90. The van der Waals surface area contributed by atoms with Crippen LogP contribution in [0.15, 0.2) is 64.2 Å². The third-order valence-electron chi connectivity index (χ3n) is 6.39. The second-order valence-electron chi connectivity index (χ2n) is 8.90. The molecule has 1 fully saturated rings. The van der Waals surface area contributed by atoms with Gasteiger partial charge < -0.3 is 15.6 Å². The first-order valence-electron chi connectivity index (χ1n) is 12.0. The van der Waals surface area contributed by atoms with Crippen molar-refractivity contribution in [2.45, 2.75) is 38.1 Å². The summed E-state index contributed by atoms with van der Waals surface area (Å²) >= 11 is 0. The summed E-state index contributed by atoms with van der Waals surface area (Å²) in [4.78, 5) is 31.4. The standard InChI is InChI=1S/C26H23FN8O2/c1-2-17(31-23-20(21(28)29-13-30-23)25-33-22(34-37-25)14-11-12-14)24-32-18-10-6-9-16(27)19(18)26(36)35(24)15-7-4-3-5-8-15/h3-10,13-14,17H,2,11-12H2,1H3,(H3,28,29,30,31)/t17-/m0/s1. The van der Waals surface area contributed by atoms with Gasteiger partial charge in [-0.2, -0.15) is 4.98 Å². The molecule has 11 heteroatoms. The largest absolute Gasteiger partial charge is 0.383 e. The first kappa shape index (κ1) is 22.8. The van der Waals surface area contributed by atoms with Crippen molar-refractivity contribution >= 4 is 22.5 Å². The summed E-state index contributed by atoms with van der Waals surface area (Å²) in [6.07, 6.45) is 3.89. The summed E-state index contributed by atoms with van der Waals surface area (Å²) < 4.78 is 21.7. The Morgan fingerprint density at radius 1 is 1.14 bits per heavy atom. The van der Waals surface area contributed by atoms with Gasteiger partial charge in [-0.25, -0.2) is 19.3 Å². The van der Waals surface area contributed by atoms with Crippen molar-refractivity contribution in [1.82, 2.24) is 29.7 Å². The van der Waals surface area contributed by atoms with Crippen molar-refractivity contribution in [3.63, 3.8) is 0 Å². The molecule has 0 unspecified atom stereocenters. The minimum absolute atomic E-state index is 0.0737. The first-order valence-corrected chi connectivity index (χ1v) is 12.0. The van der Waals surface area contributed by atoms with E-state index >= 15 is 0 Å². The number of hydrogen-bond acceptors (Lipinski definition) is 9. The third kappa shape index (κ3) is 4.07. The van der Waals surface area contributed by atoms with E-state index in [2.05, 4.69) is 25.4 Å². The van der Waals surface area contributed by atoms with Gasteiger partial charge in [0.05, 0.1) is 17.2 Å². The predicted octanol–water partition coefficient (Wildman–Crippen LogP) is 4.39. The minimum atomic E-state index is -0.624. The Balaban J connectivity index is 1.50. The van der Waals surface area contributed by atoms with Crippen molar-refractivity contribution in [2.75, 3.05) is 11.1 Å². The van der Waals surface area contributed by atoms with Crippen LogP contribution in [0.2, 0.25) is 0 Å². The zero-order valence-electron chi connectivity index (χ0n) is 19.9. The number of hydrogen-bond donors (Lipinski definition) is 2. The van der Waals surface area contributed by atoms with Gasteiger partial charge in [-0.15, -0.1) is 0 Å². The van der Waals surface area contributed by atoms with E-state index < -0.39 is 17.4 Å². The van der Waals surface area contributed by atoms with Crippen LogP contribution in [0, 0.1) is 5.82 Å². The number of nitrogens with one attached hydrogen (secondary N) is 1. The number of halogens is 1. The van der Waals surface area contributed by atoms with E-state index in [1.165, 1.54) is 23.0 Å². The molecule has 1 saturated carbocycles. The van der Waals surface area contributed by atoms with Crippen LogP contribution in [0.1, 0.15) is 49.8 Å². The number of rotatable bonds is 7. The minimum Gasteiger partial charge on any atom is -0.383 e. The molecular formula is C26H23FN8O2. The molecule has 3 N–H and O–H groups in total. The quantitative estimate of drug-likeness (QED) is 0.335. The van der Waals surface area contributed by atoms with Crippen molar-refractivity contribution in [1.29, 1.82) is 0 Å². The number of fused-ring (bicyclic) bond motifs is 1. The molecular weight excluding hydrogens is 475 g/mol. The maximum atomic E-state index is 14.7. The number of para-hydroxylation sites is 1. The van der Waals surface area contributed by atoms with Crippen LogP contribution < -0.4 is 16.6 Å². The Morgan fingerprint density at radius 2 is 1.95 bits per heavy atom. The highest BCUT2D eigenvalue weighted by Gasteiger charge is 2.31. The third-order valence-corrected chi connectivity index (χ3v) is 6.39. The number of nitrogens with two attached hydrogens (primary N) is 1. The first-order chi connectivity index (χ1) is 18.0. The van der Waals surface area contributed by atoms with E-state index in [1.54, 1.807) is 18.2 Å². The lowest BCUT2D eigenvalue weighted by Crippen LogP contribution is -2.29. The van der Waals surface area contributed by atoms with Crippen LogP contribution in [0.25, 0.3) is 28.0 Å². The molecule has 37 heavy (non-hydrogen) atoms. The van der Waals surface area contributed by atoms with Gasteiger partial charge in [-0.1, -0.05) is 36.3 Å². The van der Waals surface area contributed by atoms with Gasteiger partial charge in [0.1, 0.15) is 40.6 Å². The molecule has 0 aliphatic heterocycles. The normalized spacial score (nSPS) is 14.1. The molecule has 0 amide bonds. The summed E-state index contributed by atoms with van der Waals surface area (Å²) in [5.41, 5.74) is 6.92. The fourth-order valence-corrected chi connectivity index (χ4v) is 4.34. The summed E-state index contributed by atoms with van der Waals surface area (Å²) in [5.74, 6) is 1.44. The van der Waals surface area contributed by atoms with E-state index in [0.717, 1.165) is 12.8 Å². The van der Waals surface area contributed by atoms with Crippen molar-refractivity contribution in [3.05, 3.63) is 82.7 Å². The molecule has 3 heterocycles. The summed E-state index contributed by atoms with van der Waals surface area (Å²) in [6, 6.07) is 12.9. The summed E-state index contributed by atoms with van der Waals surface area (Å²) in [5, 5.41) is 7.36. The molecule has 0 spiro atoms. The Kier molecular flexibility index (Phi) is 5.59. The number of benzene rings is 2. The number of nitrogens with zero attached hydrogens (tertiary/aromatic N) is 6. The summed E-state index contributed by atoms with van der Waals surface area (Å²) in [6.45, 7) is 1.94. The lowest BCUT2D eigenvalue weighted by atomic mass is 10.1. The van der Waals surface area contributed by atoms with Crippen molar-refractivity contribution in [3.8, 4) is 17.1 Å². The summed E-state index contributed by atoms with van der Waals surface area (Å²) in [7, 11) is 0. The Morgan fingerprint density at radius 3 is 2.70 bits per heavy atom. The van der Waals surface area contributed by atoms with E-state index in [0.29, 0.717) is 41.1 Å². The molecule has 1 atom stereocenters. The number of nitrogen functional groups attached to an aromatic ring is 1. The highest BCUT2D eigenvalue weighted by molar-refractivity contribution is 5.80. The molecule has 3 aromatic heterocycles. The highest BCUT2D eigenvalue weighted by atomic mass is 19.1. The average molecular weight is 499 g/mol. The van der Waals surface area contributed by atoms with Crippen LogP contribution in [-0.2, 0) is 0 Å². The van der Waals surface area contributed by atoms with Crippen molar-refractivity contribution in [2.24, 2.45) is 0 Å². The molecule has 6 rings (SSSR count). The van der Waals surface area contributed by atoms with Gasteiger partial charge in [-0.05, 0) is 43.5 Å². The Labute approximate surface area is 210 Å². The molecule has 0 saturated heterocycles. The Bertz CT molecular complexity index is 1660. The molecule has 0 radical (unpaired) electrons.